The summed E-state index contributed by atoms with van der Waals surface area (Å²) in [6.45, 7) is 0.165. The molecule has 1 saturated heterocycles. The molecule has 3 aromatic rings. The minimum atomic E-state index is -1.18. The van der Waals surface area contributed by atoms with E-state index in [1.165, 1.54) is 18.5 Å². The van der Waals surface area contributed by atoms with Gasteiger partial charge in [0.25, 0.3) is 5.24 Å². The summed E-state index contributed by atoms with van der Waals surface area (Å²) in [5.41, 5.74) is 7.71. The second-order valence-corrected chi connectivity index (χ2v) is 9.94. The number of halogens is 2. The van der Waals surface area contributed by atoms with Gasteiger partial charge in [-0.05, 0) is 48.2 Å². The van der Waals surface area contributed by atoms with Gasteiger partial charge in [-0.2, -0.15) is 0 Å². The molecule has 13 heteroatoms. The molecule has 200 valence electrons. The summed E-state index contributed by atoms with van der Waals surface area (Å²) in [5, 5.41) is 13.7. The molecular formula is C25H25F2N5O5S. The zero-order valence-corrected chi connectivity index (χ0v) is 20.8. The molecule has 0 radical (unpaired) electrons. The number of carboxylic acid groups (broad SMARTS) is 1. The number of aromatic nitrogens is 2. The molecule has 38 heavy (non-hydrogen) atoms. The molecule has 3 unspecified atom stereocenters. The Morgan fingerprint density at radius 1 is 1.16 bits per heavy atom. The minimum absolute atomic E-state index is 0.131. The van der Waals surface area contributed by atoms with Gasteiger partial charge in [-0.1, -0.05) is 23.9 Å². The number of aliphatic carboxylic acids is 1. The molecule has 10 nitrogen and oxygen atoms in total. The van der Waals surface area contributed by atoms with Crippen molar-refractivity contribution in [1.82, 2.24) is 20.6 Å². The Morgan fingerprint density at radius 2 is 1.87 bits per heavy atom. The van der Waals surface area contributed by atoms with Crippen molar-refractivity contribution >= 4 is 28.9 Å². The molecule has 0 bridgehead atoms. The van der Waals surface area contributed by atoms with Gasteiger partial charge in [0.2, 0.25) is 5.91 Å². The predicted octanol–water partition coefficient (Wildman–Crippen LogP) is 2.53. The van der Waals surface area contributed by atoms with Crippen LogP contribution < -0.4 is 21.1 Å². The Kier molecular flexibility index (Phi) is 8.71. The summed E-state index contributed by atoms with van der Waals surface area (Å²) in [7, 11) is 0. The number of aromatic amines is 1. The van der Waals surface area contributed by atoms with Crippen molar-refractivity contribution in [3.05, 3.63) is 77.4 Å². The van der Waals surface area contributed by atoms with E-state index in [2.05, 4.69) is 20.6 Å². The molecule has 0 aliphatic carbocycles. The molecule has 1 aliphatic heterocycles. The number of ether oxygens (including phenoxy) is 1. The summed E-state index contributed by atoms with van der Waals surface area (Å²) in [5.74, 6) is -3.97. The third-order valence-electron chi connectivity index (χ3n) is 5.79. The van der Waals surface area contributed by atoms with Crippen LogP contribution in [0.25, 0.3) is 0 Å². The van der Waals surface area contributed by atoms with E-state index in [-0.39, 0.29) is 30.2 Å². The quantitative estimate of drug-likeness (QED) is 0.230. The van der Waals surface area contributed by atoms with Gasteiger partial charge in [-0.3, -0.25) is 19.7 Å². The van der Waals surface area contributed by atoms with Crippen LogP contribution in [0, 0.1) is 11.6 Å². The van der Waals surface area contributed by atoms with Gasteiger partial charge >= 0.3 is 5.97 Å². The number of nitrogens with one attached hydrogen (secondary N) is 3. The maximum Gasteiger partial charge on any atom is 0.321 e. The second-order valence-electron chi connectivity index (χ2n) is 8.77. The summed E-state index contributed by atoms with van der Waals surface area (Å²) < 4.78 is 34.9. The van der Waals surface area contributed by atoms with Crippen molar-refractivity contribution in [3.8, 4) is 11.5 Å². The SMILES string of the molecule is NC(CNC(Cc1cc(F)c(Oc2ccc(CC3SC(=O)NC3=O)cc2)c(F)c1)C(=O)O)Cc1cnc[nH]1. The number of nitrogens with zero attached hydrogens (tertiary/aromatic N) is 1. The van der Waals surface area contributed by atoms with E-state index < -0.39 is 45.9 Å². The lowest BCUT2D eigenvalue weighted by atomic mass is 10.0. The van der Waals surface area contributed by atoms with E-state index >= 15 is 0 Å². The Labute approximate surface area is 220 Å². The second kappa shape index (κ2) is 12.2. The molecule has 2 heterocycles. The monoisotopic (exact) mass is 545 g/mol. The zero-order chi connectivity index (χ0) is 27.2. The van der Waals surface area contributed by atoms with E-state index in [0.29, 0.717) is 12.8 Å². The molecule has 0 spiro atoms. The molecule has 2 amide bonds. The maximum atomic E-state index is 14.8. The number of carbonyl (C=O) groups is 3. The van der Waals surface area contributed by atoms with E-state index in [9.17, 15) is 28.3 Å². The van der Waals surface area contributed by atoms with Gasteiger partial charge < -0.3 is 25.9 Å². The highest BCUT2D eigenvalue weighted by atomic mass is 32.2. The summed E-state index contributed by atoms with van der Waals surface area (Å²) in [6, 6.07) is 6.81. The number of H-pyrrole nitrogens is 1. The number of hydrogen-bond acceptors (Lipinski definition) is 8. The molecule has 6 N–H and O–H groups in total. The first-order valence-corrected chi connectivity index (χ1v) is 12.5. The Hall–Kier alpha value is -3.81. The van der Waals surface area contributed by atoms with Crippen LogP contribution in [0.2, 0.25) is 0 Å². The number of carbonyl (C=O) groups excluding carboxylic acids is 2. The molecule has 1 fully saturated rings. The van der Waals surface area contributed by atoms with Crippen molar-refractivity contribution in [2.24, 2.45) is 5.73 Å². The van der Waals surface area contributed by atoms with Crippen LogP contribution in [-0.4, -0.2) is 56.1 Å². The standard InChI is InChI=1S/C25H25F2N5O5S/c26-18-5-14(7-20(24(34)35)30-10-15(28)9-16-11-29-12-31-16)6-19(27)22(18)37-17-3-1-13(2-4-17)8-21-23(33)32-25(36)38-21/h1-6,11-12,15,20-21,30H,7-10,28H2,(H,29,31)(H,34,35)(H,32,33,36). The minimum Gasteiger partial charge on any atom is -0.480 e. The van der Waals surface area contributed by atoms with Crippen LogP contribution in [0.3, 0.4) is 0 Å². The summed E-state index contributed by atoms with van der Waals surface area (Å²) >= 11 is 0.910. The predicted molar refractivity (Wildman–Crippen MR) is 135 cm³/mol. The van der Waals surface area contributed by atoms with E-state index in [1.807, 2.05) is 0 Å². The fraction of sp³-hybridized carbons (Fsp3) is 0.280. The number of imide groups is 1. The third kappa shape index (κ3) is 7.15. The van der Waals surface area contributed by atoms with Crippen LogP contribution in [0.4, 0.5) is 13.6 Å². The number of benzene rings is 2. The van der Waals surface area contributed by atoms with Gasteiger partial charge in [0.15, 0.2) is 17.4 Å². The van der Waals surface area contributed by atoms with E-state index in [1.54, 1.807) is 18.3 Å². The molecular weight excluding hydrogens is 520 g/mol. The Bertz CT molecular complexity index is 1280. The molecule has 1 aliphatic rings. The Balaban J connectivity index is 1.36. The highest BCUT2D eigenvalue weighted by Gasteiger charge is 2.31. The molecule has 3 atom stereocenters. The third-order valence-corrected chi connectivity index (χ3v) is 6.77. The lowest BCUT2D eigenvalue weighted by Gasteiger charge is -2.18. The van der Waals surface area contributed by atoms with Crippen molar-refractivity contribution in [3.63, 3.8) is 0 Å². The van der Waals surface area contributed by atoms with Crippen molar-refractivity contribution < 1.29 is 33.0 Å². The Morgan fingerprint density at radius 3 is 2.45 bits per heavy atom. The van der Waals surface area contributed by atoms with Crippen molar-refractivity contribution in [2.45, 2.75) is 36.6 Å². The van der Waals surface area contributed by atoms with Crippen LogP contribution in [0.1, 0.15) is 16.8 Å². The zero-order valence-electron chi connectivity index (χ0n) is 19.9. The summed E-state index contributed by atoms with van der Waals surface area (Å²) in [4.78, 5) is 41.6. The van der Waals surface area contributed by atoms with Crippen LogP contribution in [0.5, 0.6) is 11.5 Å². The average molecular weight is 546 g/mol. The topological polar surface area (TPSA) is 159 Å². The van der Waals surface area contributed by atoms with Crippen LogP contribution in [0.15, 0.2) is 48.9 Å². The lowest BCUT2D eigenvalue weighted by molar-refractivity contribution is -0.139. The average Bonchev–Trinajstić information content (AvgIpc) is 3.48. The molecule has 4 rings (SSSR count). The number of imidazole rings is 1. The van der Waals surface area contributed by atoms with Gasteiger partial charge in [0, 0.05) is 30.9 Å². The van der Waals surface area contributed by atoms with Gasteiger partial charge in [-0.25, -0.2) is 13.8 Å². The van der Waals surface area contributed by atoms with Crippen LogP contribution in [-0.2, 0) is 28.9 Å². The number of hydrogen-bond donors (Lipinski definition) is 5. The van der Waals surface area contributed by atoms with Gasteiger partial charge in [0.1, 0.15) is 11.8 Å². The first kappa shape index (κ1) is 27.2. The lowest BCUT2D eigenvalue weighted by Crippen LogP contribution is -2.45. The number of amides is 2. The number of nitrogens with two attached hydrogens (primary N) is 1. The van der Waals surface area contributed by atoms with Gasteiger partial charge in [0.05, 0.1) is 11.6 Å². The first-order valence-electron chi connectivity index (χ1n) is 11.6. The highest BCUT2D eigenvalue weighted by Crippen LogP contribution is 2.30. The van der Waals surface area contributed by atoms with E-state index in [4.69, 9.17) is 10.5 Å². The van der Waals surface area contributed by atoms with Gasteiger partial charge in [-0.15, -0.1) is 0 Å². The van der Waals surface area contributed by atoms with E-state index in [0.717, 1.165) is 35.2 Å². The molecule has 2 aromatic carbocycles. The fourth-order valence-electron chi connectivity index (χ4n) is 3.91. The summed E-state index contributed by atoms with van der Waals surface area (Å²) in [6.07, 6.45) is 3.72. The maximum absolute atomic E-state index is 14.8. The molecule has 1 aromatic heterocycles. The van der Waals surface area contributed by atoms with Crippen molar-refractivity contribution in [1.29, 1.82) is 0 Å². The molecule has 0 saturated carbocycles. The number of rotatable bonds is 12. The number of carboxylic acids is 1. The number of thioether (sulfide) groups is 1. The highest BCUT2D eigenvalue weighted by molar-refractivity contribution is 8.15. The fourth-order valence-corrected chi connectivity index (χ4v) is 4.77. The smallest absolute Gasteiger partial charge is 0.321 e. The normalized spacial score (nSPS) is 16.8. The van der Waals surface area contributed by atoms with Crippen molar-refractivity contribution in [2.75, 3.05) is 6.54 Å². The first-order chi connectivity index (χ1) is 18.2. The largest absolute Gasteiger partial charge is 0.480 e. The van der Waals surface area contributed by atoms with Crippen LogP contribution >= 0.6 is 11.8 Å².